The number of imidazole rings is 1. The van der Waals surface area contributed by atoms with Crippen molar-refractivity contribution in [1.29, 1.82) is 0 Å². The van der Waals surface area contributed by atoms with Crippen molar-refractivity contribution in [2.75, 3.05) is 31.1 Å². The highest BCUT2D eigenvalue weighted by Crippen LogP contribution is 2.29. The van der Waals surface area contributed by atoms with Crippen LogP contribution in [0.15, 0.2) is 22.1 Å². The monoisotopic (exact) mass is 450 g/mol. The number of fused-ring (bicyclic) bond motifs is 1. The highest BCUT2D eigenvalue weighted by Gasteiger charge is 2.31. The van der Waals surface area contributed by atoms with Gasteiger partial charge in [0.05, 0.1) is 12.2 Å². The van der Waals surface area contributed by atoms with E-state index in [4.69, 9.17) is 9.98 Å². The number of aromatic hydroxyl groups is 1. The quantitative estimate of drug-likeness (QED) is 0.491. The predicted octanol–water partition coefficient (Wildman–Crippen LogP) is -0.489. The van der Waals surface area contributed by atoms with Gasteiger partial charge in [-0.2, -0.15) is 9.61 Å². The van der Waals surface area contributed by atoms with Crippen molar-refractivity contribution in [3.8, 4) is 5.88 Å². The minimum absolute atomic E-state index is 0.219. The Labute approximate surface area is 188 Å². The first-order chi connectivity index (χ1) is 16.0. The molecule has 33 heavy (non-hydrogen) atoms. The number of piperazine rings is 1. The number of aromatic amines is 2. The summed E-state index contributed by atoms with van der Waals surface area (Å²) in [6.45, 7) is 2.80. The van der Waals surface area contributed by atoms with Gasteiger partial charge >= 0.3 is 5.69 Å². The van der Waals surface area contributed by atoms with Crippen LogP contribution in [0.2, 0.25) is 0 Å². The fraction of sp³-hybridized carbons (Fsp3) is 0.500. The number of anilines is 1. The zero-order chi connectivity index (χ0) is 22.5. The minimum atomic E-state index is -0.484. The smallest absolute Gasteiger partial charge is 0.326 e. The maximum absolute atomic E-state index is 12.6. The maximum atomic E-state index is 12.6. The van der Waals surface area contributed by atoms with Crippen LogP contribution in [0.25, 0.3) is 11.7 Å². The van der Waals surface area contributed by atoms with Crippen LogP contribution < -0.4 is 21.3 Å². The van der Waals surface area contributed by atoms with Gasteiger partial charge in [0.25, 0.3) is 0 Å². The summed E-state index contributed by atoms with van der Waals surface area (Å²) in [6.07, 6.45) is 8.63. The van der Waals surface area contributed by atoms with Crippen LogP contribution in [-0.2, 0) is 4.79 Å². The van der Waals surface area contributed by atoms with Crippen molar-refractivity contribution in [1.82, 2.24) is 29.5 Å². The Morgan fingerprint density at radius 1 is 1.15 bits per heavy atom. The van der Waals surface area contributed by atoms with E-state index in [-0.39, 0.29) is 17.5 Å². The number of carbonyl (C=O) groups is 1. The molecule has 1 aliphatic heterocycles. The lowest BCUT2D eigenvalue weighted by molar-refractivity contribution is -0.138. The number of amides is 1. The van der Waals surface area contributed by atoms with E-state index in [9.17, 15) is 14.7 Å². The first kappa shape index (κ1) is 20.0. The Bertz CT molecular complexity index is 1390. The van der Waals surface area contributed by atoms with E-state index < -0.39 is 5.69 Å². The Morgan fingerprint density at radius 3 is 2.58 bits per heavy atom. The molecule has 3 aromatic rings. The third-order valence-corrected chi connectivity index (χ3v) is 6.73. The van der Waals surface area contributed by atoms with Crippen LogP contribution >= 0.6 is 0 Å². The highest BCUT2D eigenvalue weighted by atomic mass is 16.3. The number of nitrogens with zero attached hydrogens (tertiary/aromatic N) is 6. The van der Waals surface area contributed by atoms with Crippen molar-refractivity contribution in [3.63, 3.8) is 0 Å². The van der Waals surface area contributed by atoms with E-state index in [1.165, 1.54) is 0 Å². The lowest BCUT2D eigenvalue weighted by atomic mass is 9.84. The van der Waals surface area contributed by atoms with Crippen molar-refractivity contribution in [2.45, 2.75) is 38.1 Å². The SMILES string of the molecule is O=C(C1CCC1)N1CCN(c2cc(=NC3CC3)n3ncc(=Cc4[nH]c(=O)[nH]c4O)c3n2)CC1. The Kier molecular flexibility index (Phi) is 4.70. The number of rotatable bonds is 4. The lowest BCUT2D eigenvalue weighted by Gasteiger charge is -2.38. The lowest BCUT2D eigenvalue weighted by Crippen LogP contribution is -2.51. The molecule has 0 atom stereocenters. The summed E-state index contributed by atoms with van der Waals surface area (Å²) in [5.74, 6) is 1.07. The molecule has 4 heterocycles. The minimum Gasteiger partial charge on any atom is -0.493 e. The first-order valence-corrected chi connectivity index (χ1v) is 11.5. The molecule has 11 nitrogen and oxygen atoms in total. The van der Waals surface area contributed by atoms with Crippen LogP contribution in [0.1, 0.15) is 37.8 Å². The molecule has 3 aliphatic rings. The van der Waals surface area contributed by atoms with Crippen LogP contribution in [-0.4, -0.2) is 72.7 Å². The van der Waals surface area contributed by atoms with Gasteiger partial charge in [-0.3, -0.25) is 14.8 Å². The largest absolute Gasteiger partial charge is 0.493 e. The van der Waals surface area contributed by atoms with Gasteiger partial charge in [-0.15, -0.1) is 0 Å². The Morgan fingerprint density at radius 2 is 1.94 bits per heavy atom. The van der Waals surface area contributed by atoms with Crippen molar-refractivity contribution >= 4 is 23.4 Å². The normalized spacial score (nSPS) is 20.6. The number of aromatic nitrogens is 5. The standard InChI is InChI=1S/C22H26N8O3/c31-20-16(25-22(33)27-20)10-14-12-23-30-18(24-15-4-5-15)11-17(26-19(14)30)28-6-8-29(9-7-28)21(32)13-2-1-3-13/h10-13,15,31H,1-9H2,(H2,25,27,33). The average Bonchev–Trinajstić information content (AvgIpc) is 3.40. The summed E-state index contributed by atoms with van der Waals surface area (Å²) in [5.41, 5.74) is 1.12. The van der Waals surface area contributed by atoms with E-state index in [2.05, 4.69) is 20.0 Å². The number of hydrogen-bond acceptors (Lipinski definition) is 7. The Hall–Kier alpha value is -3.63. The van der Waals surface area contributed by atoms with Gasteiger partial charge in [-0.1, -0.05) is 6.42 Å². The molecule has 11 heteroatoms. The van der Waals surface area contributed by atoms with E-state index in [1.807, 2.05) is 11.0 Å². The molecule has 0 aromatic carbocycles. The summed E-state index contributed by atoms with van der Waals surface area (Å²) >= 11 is 0. The highest BCUT2D eigenvalue weighted by molar-refractivity contribution is 5.79. The average molecular weight is 451 g/mol. The zero-order valence-corrected chi connectivity index (χ0v) is 18.2. The van der Waals surface area contributed by atoms with Gasteiger partial charge in [0.1, 0.15) is 11.5 Å². The fourth-order valence-corrected chi connectivity index (χ4v) is 4.41. The molecule has 0 spiro atoms. The summed E-state index contributed by atoms with van der Waals surface area (Å²) in [4.78, 5) is 42.8. The van der Waals surface area contributed by atoms with Crippen molar-refractivity contribution in [3.05, 3.63) is 39.1 Å². The molecule has 3 aromatic heterocycles. The van der Waals surface area contributed by atoms with E-state index in [0.717, 1.165) is 43.4 Å². The maximum Gasteiger partial charge on any atom is 0.326 e. The van der Waals surface area contributed by atoms with Gasteiger partial charge in [-0.05, 0) is 31.8 Å². The van der Waals surface area contributed by atoms with Gasteiger partial charge in [0.2, 0.25) is 11.8 Å². The van der Waals surface area contributed by atoms with Crippen LogP contribution in [0.3, 0.4) is 0 Å². The summed E-state index contributed by atoms with van der Waals surface area (Å²) in [7, 11) is 0. The molecule has 3 N–H and O–H groups in total. The van der Waals surface area contributed by atoms with E-state index >= 15 is 0 Å². The molecule has 3 fully saturated rings. The van der Waals surface area contributed by atoms with Crippen LogP contribution in [0.5, 0.6) is 5.88 Å². The van der Waals surface area contributed by atoms with Gasteiger partial charge < -0.3 is 19.9 Å². The molecule has 2 aliphatic carbocycles. The number of hydrogen-bond donors (Lipinski definition) is 3. The van der Waals surface area contributed by atoms with Crippen molar-refractivity contribution < 1.29 is 9.90 Å². The second-order valence-corrected chi connectivity index (χ2v) is 9.09. The Balaban J connectivity index is 1.36. The van der Waals surface area contributed by atoms with Gasteiger partial charge in [0, 0.05) is 43.4 Å². The first-order valence-electron chi connectivity index (χ1n) is 11.5. The van der Waals surface area contributed by atoms with Crippen molar-refractivity contribution in [2.24, 2.45) is 10.9 Å². The number of nitrogens with one attached hydrogen (secondary N) is 2. The van der Waals surface area contributed by atoms with E-state index in [1.54, 1.807) is 16.8 Å². The molecule has 2 saturated carbocycles. The predicted molar refractivity (Wildman–Crippen MR) is 120 cm³/mol. The fourth-order valence-electron chi connectivity index (χ4n) is 4.41. The molecule has 1 saturated heterocycles. The topological polar surface area (TPSA) is 135 Å². The molecule has 0 bridgehead atoms. The molecule has 6 rings (SSSR count). The van der Waals surface area contributed by atoms with E-state index in [0.29, 0.717) is 49.0 Å². The molecule has 1 amide bonds. The van der Waals surface area contributed by atoms with Crippen LogP contribution in [0.4, 0.5) is 5.82 Å². The van der Waals surface area contributed by atoms with Crippen LogP contribution in [0, 0.1) is 5.92 Å². The second kappa shape index (κ2) is 7.75. The second-order valence-electron chi connectivity index (χ2n) is 9.09. The number of carbonyl (C=O) groups excluding carboxylic acids is 1. The third-order valence-electron chi connectivity index (χ3n) is 6.73. The molecular formula is C22H26N8O3. The molecule has 0 radical (unpaired) electrons. The number of H-pyrrole nitrogens is 2. The van der Waals surface area contributed by atoms with Gasteiger partial charge in [0.15, 0.2) is 11.1 Å². The van der Waals surface area contributed by atoms with Gasteiger partial charge in [-0.25, -0.2) is 9.78 Å². The summed E-state index contributed by atoms with van der Waals surface area (Å²) in [5, 5.41) is 15.1. The third kappa shape index (κ3) is 3.77. The zero-order valence-electron chi connectivity index (χ0n) is 18.2. The molecular weight excluding hydrogens is 424 g/mol. The summed E-state index contributed by atoms with van der Waals surface area (Å²) < 4.78 is 1.70. The molecule has 0 unspecified atom stereocenters. The molecule has 172 valence electrons. The summed E-state index contributed by atoms with van der Waals surface area (Å²) in [6, 6.07) is 2.27.